The standard InChI is InChI=1S/C19H19NO3S2.ClH/c21-17-13-5-1-2-6-14(13)23-15(7-10-20-8-3-4-9-20)18(22)16(17)19-24-11-12-25-19;/h1-2,5-6,11-12,15H,3-4,7-10H2;1H. The highest BCUT2D eigenvalue weighted by atomic mass is 35.5. The van der Waals surface area contributed by atoms with Crippen molar-refractivity contribution in [3.63, 3.8) is 0 Å². The van der Waals surface area contributed by atoms with E-state index in [1.54, 1.807) is 12.1 Å². The Balaban J connectivity index is 0.00000196. The fourth-order valence-electron chi connectivity index (χ4n) is 3.39. The van der Waals surface area contributed by atoms with Gasteiger partial charge in [0.2, 0.25) is 11.6 Å². The number of para-hydroxylation sites is 1. The minimum Gasteiger partial charge on any atom is -0.481 e. The number of carbonyl (C=O) groups excluding carboxylic acids is 2. The Morgan fingerprint density at radius 2 is 1.77 bits per heavy atom. The van der Waals surface area contributed by atoms with Gasteiger partial charge in [-0.2, -0.15) is 0 Å². The van der Waals surface area contributed by atoms with Crippen LogP contribution in [0.3, 0.4) is 0 Å². The number of Topliss-reactive ketones (excluding diaryl/α,β-unsaturated/α-hetero) is 2. The third kappa shape index (κ3) is 3.88. The van der Waals surface area contributed by atoms with Crippen LogP contribution >= 0.6 is 35.9 Å². The van der Waals surface area contributed by atoms with E-state index < -0.39 is 6.10 Å². The fraction of sp³-hybridized carbons (Fsp3) is 0.368. The number of carbonyl (C=O) groups is 2. The first-order valence-corrected chi connectivity index (χ1v) is 10.3. The molecule has 1 saturated heterocycles. The minimum absolute atomic E-state index is 0. The van der Waals surface area contributed by atoms with E-state index in [0.717, 1.165) is 23.9 Å². The van der Waals surface area contributed by atoms with E-state index in [9.17, 15) is 9.59 Å². The number of halogens is 1. The van der Waals surface area contributed by atoms with Gasteiger partial charge in [0.1, 0.15) is 5.75 Å². The number of nitrogens with zero attached hydrogens (tertiary/aromatic N) is 1. The van der Waals surface area contributed by atoms with Gasteiger partial charge in [-0.25, -0.2) is 0 Å². The molecule has 1 unspecified atom stereocenters. The number of fused-ring (bicyclic) bond motifs is 1. The lowest BCUT2D eigenvalue weighted by Gasteiger charge is -2.20. The number of hydrogen-bond acceptors (Lipinski definition) is 6. The third-order valence-electron chi connectivity index (χ3n) is 4.68. The largest absolute Gasteiger partial charge is 0.481 e. The first-order valence-electron chi connectivity index (χ1n) is 8.53. The summed E-state index contributed by atoms with van der Waals surface area (Å²) in [4.78, 5) is 28.5. The summed E-state index contributed by atoms with van der Waals surface area (Å²) < 4.78 is 6.78. The zero-order valence-electron chi connectivity index (χ0n) is 14.2. The fourth-order valence-corrected chi connectivity index (χ4v) is 5.25. The monoisotopic (exact) mass is 409 g/mol. The Kier molecular flexibility index (Phi) is 6.51. The summed E-state index contributed by atoms with van der Waals surface area (Å²) in [6, 6.07) is 7.17. The van der Waals surface area contributed by atoms with Gasteiger partial charge in [0, 0.05) is 13.0 Å². The smallest absolute Gasteiger partial charge is 0.208 e. The van der Waals surface area contributed by atoms with Crippen LogP contribution in [-0.2, 0) is 4.79 Å². The van der Waals surface area contributed by atoms with Gasteiger partial charge < -0.3 is 9.64 Å². The number of ketones is 2. The number of rotatable bonds is 3. The summed E-state index contributed by atoms with van der Waals surface area (Å²) in [6.45, 7) is 2.99. The zero-order chi connectivity index (χ0) is 17.2. The van der Waals surface area contributed by atoms with Gasteiger partial charge in [0.05, 0.1) is 15.4 Å². The molecule has 0 amide bonds. The van der Waals surface area contributed by atoms with E-state index in [4.69, 9.17) is 4.74 Å². The molecule has 3 aliphatic heterocycles. The second kappa shape index (κ2) is 8.65. The first kappa shape index (κ1) is 19.5. The molecule has 4 nitrogen and oxygen atoms in total. The molecule has 1 fully saturated rings. The van der Waals surface area contributed by atoms with Crippen LogP contribution in [0.15, 0.2) is 44.9 Å². The molecular weight excluding hydrogens is 390 g/mol. The molecule has 0 N–H and O–H groups in total. The molecule has 3 aliphatic rings. The molecule has 3 heterocycles. The van der Waals surface area contributed by atoms with Gasteiger partial charge in [0.15, 0.2) is 6.10 Å². The Labute approximate surface area is 167 Å². The van der Waals surface area contributed by atoms with Gasteiger partial charge in [-0.05, 0) is 48.9 Å². The highest BCUT2D eigenvalue weighted by molar-refractivity contribution is 8.27. The average molecular weight is 410 g/mol. The van der Waals surface area contributed by atoms with E-state index in [1.807, 2.05) is 22.9 Å². The van der Waals surface area contributed by atoms with Crippen molar-refractivity contribution in [2.45, 2.75) is 25.4 Å². The SMILES string of the molecule is Cl.O=C1C(=C2SC=CS2)C(=O)C(CCN2CCCC2)Oc2ccccc21. The zero-order valence-corrected chi connectivity index (χ0v) is 16.6. The quantitative estimate of drug-likeness (QED) is 0.548. The highest BCUT2D eigenvalue weighted by Crippen LogP contribution is 2.43. The van der Waals surface area contributed by atoms with Crippen molar-refractivity contribution in [2.75, 3.05) is 19.6 Å². The Morgan fingerprint density at radius 1 is 1.08 bits per heavy atom. The molecule has 0 aliphatic carbocycles. The van der Waals surface area contributed by atoms with Gasteiger partial charge in [0.25, 0.3) is 0 Å². The van der Waals surface area contributed by atoms with Crippen molar-refractivity contribution in [1.82, 2.24) is 4.90 Å². The number of thioether (sulfide) groups is 2. The second-order valence-corrected chi connectivity index (χ2v) is 8.39. The van der Waals surface area contributed by atoms with Crippen LogP contribution in [0.1, 0.15) is 29.6 Å². The Bertz CT molecular complexity index is 762. The second-order valence-electron chi connectivity index (χ2n) is 6.30. The predicted octanol–water partition coefficient (Wildman–Crippen LogP) is 4.27. The predicted molar refractivity (Wildman–Crippen MR) is 109 cm³/mol. The molecule has 0 radical (unpaired) electrons. The maximum Gasteiger partial charge on any atom is 0.208 e. The summed E-state index contributed by atoms with van der Waals surface area (Å²) >= 11 is 2.88. The topological polar surface area (TPSA) is 46.6 Å². The molecule has 0 spiro atoms. The molecule has 1 atom stereocenters. The van der Waals surface area contributed by atoms with E-state index in [-0.39, 0.29) is 29.5 Å². The molecule has 138 valence electrons. The van der Waals surface area contributed by atoms with Gasteiger partial charge in [-0.15, -0.1) is 12.4 Å². The number of hydrogen-bond donors (Lipinski definition) is 0. The molecule has 4 rings (SSSR count). The van der Waals surface area contributed by atoms with Crippen molar-refractivity contribution >= 4 is 47.5 Å². The van der Waals surface area contributed by atoms with E-state index in [1.165, 1.54) is 36.4 Å². The lowest BCUT2D eigenvalue weighted by Crippen LogP contribution is -2.33. The van der Waals surface area contributed by atoms with Crippen LogP contribution < -0.4 is 4.74 Å². The number of ether oxygens (including phenoxy) is 1. The van der Waals surface area contributed by atoms with Crippen LogP contribution in [0.5, 0.6) is 5.75 Å². The first-order chi connectivity index (χ1) is 12.2. The number of benzene rings is 1. The van der Waals surface area contributed by atoms with Crippen LogP contribution in [0.4, 0.5) is 0 Å². The maximum atomic E-state index is 13.1. The molecule has 7 heteroatoms. The van der Waals surface area contributed by atoms with Crippen molar-refractivity contribution in [1.29, 1.82) is 0 Å². The van der Waals surface area contributed by atoms with Crippen molar-refractivity contribution in [2.24, 2.45) is 0 Å². The molecule has 1 aromatic rings. The maximum absolute atomic E-state index is 13.1. The van der Waals surface area contributed by atoms with Gasteiger partial charge >= 0.3 is 0 Å². The lowest BCUT2D eigenvalue weighted by atomic mass is 9.98. The van der Waals surface area contributed by atoms with Gasteiger partial charge in [-0.1, -0.05) is 35.7 Å². The average Bonchev–Trinajstić information content (AvgIpc) is 3.31. The molecule has 26 heavy (non-hydrogen) atoms. The van der Waals surface area contributed by atoms with Crippen molar-refractivity contribution < 1.29 is 14.3 Å². The van der Waals surface area contributed by atoms with Crippen LogP contribution in [0, 0.1) is 0 Å². The van der Waals surface area contributed by atoms with Crippen LogP contribution in [0.25, 0.3) is 0 Å². The molecule has 0 bridgehead atoms. The Hall–Kier alpha value is -1.21. The number of likely N-dealkylation sites (tertiary alicyclic amines) is 1. The summed E-state index contributed by atoms with van der Waals surface area (Å²) in [6.07, 6.45) is 2.45. The summed E-state index contributed by atoms with van der Waals surface area (Å²) in [5.74, 6) is 0.117. The summed E-state index contributed by atoms with van der Waals surface area (Å²) in [5.41, 5.74) is 0.770. The summed E-state index contributed by atoms with van der Waals surface area (Å²) in [7, 11) is 0. The Morgan fingerprint density at radius 3 is 2.50 bits per heavy atom. The highest BCUT2D eigenvalue weighted by Gasteiger charge is 2.37. The van der Waals surface area contributed by atoms with Crippen LogP contribution in [-0.4, -0.2) is 42.2 Å². The molecular formula is C19H20ClNO3S2. The van der Waals surface area contributed by atoms with Crippen molar-refractivity contribution in [3.8, 4) is 5.75 Å². The van der Waals surface area contributed by atoms with E-state index in [2.05, 4.69) is 4.90 Å². The van der Waals surface area contributed by atoms with Gasteiger partial charge in [-0.3, -0.25) is 9.59 Å². The van der Waals surface area contributed by atoms with Crippen LogP contribution in [0.2, 0.25) is 0 Å². The summed E-state index contributed by atoms with van der Waals surface area (Å²) in [5, 5.41) is 3.81. The van der Waals surface area contributed by atoms with E-state index in [0.29, 0.717) is 17.7 Å². The third-order valence-corrected chi connectivity index (χ3v) is 6.81. The van der Waals surface area contributed by atoms with Crippen molar-refractivity contribution in [3.05, 3.63) is 50.5 Å². The molecule has 0 aromatic heterocycles. The van der Waals surface area contributed by atoms with E-state index >= 15 is 0 Å². The lowest BCUT2D eigenvalue weighted by molar-refractivity contribution is -0.121. The normalized spacial score (nSPS) is 22.8. The minimum atomic E-state index is -0.600. The molecule has 1 aromatic carbocycles. The molecule has 0 saturated carbocycles.